The van der Waals surface area contributed by atoms with Crippen LogP contribution in [0.1, 0.15) is 26.2 Å². The van der Waals surface area contributed by atoms with Gasteiger partial charge in [-0.25, -0.2) is 0 Å². The molecule has 2 amide bonds. The van der Waals surface area contributed by atoms with Gasteiger partial charge in [-0.3, -0.25) is 9.59 Å². The molecule has 2 N–H and O–H groups in total. The molecule has 1 aliphatic heterocycles. The van der Waals surface area contributed by atoms with Crippen LogP contribution in [0, 0.1) is 0 Å². The van der Waals surface area contributed by atoms with Gasteiger partial charge in [-0.05, 0) is 19.8 Å². The van der Waals surface area contributed by atoms with E-state index in [-0.39, 0.29) is 24.4 Å². The monoisotopic (exact) mass is 227 g/mol. The maximum Gasteiger partial charge on any atom is 0.242 e. The van der Waals surface area contributed by atoms with Crippen molar-refractivity contribution in [3.63, 3.8) is 0 Å². The number of hydrogen-bond acceptors (Lipinski definition) is 3. The van der Waals surface area contributed by atoms with Crippen molar-refractivity contribution < 1.29 is 9.59 Å². The fraction of sp³-hybridized carbons (Fsp3) is 0.818. The number of carbonyl (C=O) groups excluding carboxylic acids is 2. The second-order valence-corrected chi connectivity index (χ2v) is 4.36. The molecule has 5 nitrogen and oxygen atoms in total. The predicted octanol–water partition coefficient (Wildman–Crippen LogP) is -0.195. The summed E-state index contributed by atoms with van der Waals surface area (Å²) in [5, 5.41) is 0. The lowest BCUT2D eigenvalue weighted by atomic mass is 10.1. The number of likely N-dealkylation sites (tertiary alicyclic amines) is 1. The molecule has 0 spiro atoms. The van der Waals surface area contributed by atoms with E-state index in [1.54, 1.807) is 16.8 Å². The van der Waals surface area contributed by atoms with Gasteiger partial charge in [-0.2, -0.15) is 0 Å². The smallest absolute Gasteiger partial charge is 0.242 e. The van der Waals surface area contributed by atoms with Crippen LogP contribution in [0.2, 0.25) is 0 Å². The van der Waals surface area contributed by atoms with Gasteiger partial charge in [0, 0.05) is 32.6 Å². The van der Waals surface area contributed by atoms with E-state index in [2.05, 4.69) is 0 Å². The first-order valence-corrected chi connectivity index (χ1v) is 5.79. The van der Waals surface area contributed by atoms with Crippen LogP contribution in [0.3, 0.4) is 0 Å². The van der Waals surface area contributed by atoms with Gasteiger partial charge >= 0.3 is 0 Å². The number of amides is 2. The van der Waals surface area contributed by atoms with Crippen LogP contribution in [0.15, 0.2) is 0 Å². The van der Waals surface area contributed by atoms with Crippen molar-refractivity contribution in [2.45, 2.75) is 32.2 Å². The normalized spacial score (nSPS) is 18.4. The summed E-state index contributed by atoms with van der Waals surface area (Å²) in [6.07, 6.45) is 2.51. The van der Waals surface area contributed by atoms with E-state index in [1.165, 1.54) is 0 Å². The quantitative estimate of drug-likeness (QED) is 0.723. The third-order valence-corrected chi connectivity index (χ3v) is 3.14. The molecule has 92 valence electrons. The van der Waals surface area contributed by atoms with Gasteiger partial charge in [0.2, 0.25) is 11.8 Å². The molecule has 1 heterocycles. The Bertz CT molecular complexity index is 268. The molecule has 0 aromatic carbocycles. The number of likely N-dealkylation sites (N-methyl/N-ethyl adjacent to an activating group) is 1. The molecule has 5 heteroatoms. The molecule has 0 aromatic heterocycles. The Morgan fingerprint density at radius 3 is 2.81 bits per heavy atom. The lowest BCUT2D eigenvalue weighted by molar-refractivity contribution is -0.142. The molecule has 1 atom stereocenters. The maximum absolute atomic E-state index is 11.8. The summed E-state index contributed by atoms with van der Waals surface area (Å²) in [6, 6.07) is 0.0207. The summed E-state index contributed by atoms with van der Waals surface area (Å²) < 4.78 is 0. The van der Waals surface area contributed by atoms with E-state index in [0.29, 0.717) is 19.5 Å². The van der Waals surface area contributed by atoms with E-state index in [9.17, 15) is 9.59 Å². The highest BCUT2D eigenvalue weighted by Crippen LogP contribution is 2.10. The topological polar surface area (TPSA) is 66.6 Å². The van der Waals surface area contributed by atoms with Crippen LogP contribution in [0.25, 0.3) is 0 Å². The molecule has 0 aliphatic carbocycles. The van der Waals surface area contributed by atoms with E-state index in [0.717, 1.165) is 12.8 Å². The highest BCUT2D eigenvalue weighted by molar-refractivity contribution is 5.85. The van der Waals surface area contributed by atoms with Crippen molar-refractivity contribution in [3.05, 3.63) is 0 Å². The lowest BCUT2D eigenvalue weighted by Crippen LogP contribution is -2.47. The Morgan fingerprint density at radius 2 is 2.25 bits per heavy atom. The van der Waals surface area contributed by atoms with E-state index in [1.807, 2.05) is 6.92 Å². The number of hydrogen-bond donors (Lipinski definition) is 1. The fourth-order valence-corrected chi connectivity index (χ4v) is 1.71. The number of nitrogens with zero attached hydrogens (tertiary/aromatic N) is 2. The van der Waals surface area contributed by atoms with Gasteiger partial charge in [-0.15, -0.1) is 0 Å². The van der Waals surface area contributed by atoms with Gasteiger partial charge < -0.3 is 15.5 Å². The Morgan fingerprint density at radius 1 is 1.56 bits per heavy atom. The third kappa shape index (κ3) is 3.20. The second kappa shape index (κ2) is 5.84. The van der Waals surface area contributed by atoms with Gasteiger partial charge in [0.25, 0.3) is 0 Å². The minimum Gasteiger partial charge on any atom is -0.340 e. The molecule has 0 aromatic rings. The second-order valence-electron chi connectivity index (χ2n) is 4.36. The van der Waals surface area contributed by atoms with Crippen molar-refractivity contribution in [1.29, 1.82) is 0 Å². The lowest BCUT2D eigenvalue weighted by Gasteiger charge is -2.30. The Kier molecular flexibility index (Phi) is 4.73. The largest absolute Gasteiger partial charge is 0.340 e. The molecular weight excluding hydrogens is 206 g/mol. The predicted molar refractivity (Wildman–Crippen MR) is 61.7 cm³/mol. The van der Waals surface area contributed by atoms with E-state index in [4.69, 9.17) is 5.73 Å². The zero-order valence-corrected chi connectivity index (χ0v) is 10.1. The molecule has 1 fully saturated rings. The first-order chi connectivity index (χ1) is 7.56. The molecule has 1 aliphatic rings. The van der Waals surface area contributed by atoms with E-state index < -0.39 is 0 Å². The van der Waals surface area contributed by atoms with Gasteiger partial charge in [0.15, 0.2) is 0 Å². The average Bonchev–Trinajstić information content (AvgIpc) is 2.30. The Balaban J connectivity index is 2.46. The first-order valence-electron chi connectivity index (χ1n) is 5.79. The average molecular weight is 227 g/mol. The van der Waals surface area contributed by atoms with Crippen LogP contribution in [-0.4, -0.2) is 54.3 Å². The SMILES string of the molecule is CC(CN)N(C)C(=O)CN1CCCCC1=O. The van der Waals surface area contributed by atoms with Crippen molar-refractivity contribution in [2.24, 2.45) is 5.73 Å². The van der Waals surface area contributed by atoms with Crippen molar-refractivity contribution in [2.75, 3.05) is 26.7 Å². The minimum absolute atomic E-state index is 0.0207. The van der Waals surface area contributed by atoms with Crippen molar-refractivity contribution in [3.8, 4) is 0 Å². The standard InChI is InChI=1S/C11H21N3O2/c1-9(7-12)13(2)11(16)8-14-6-4-3-5-10(14)15/h9H,3-8,12H2,1-2H3. The summed E-state index contributed by atoms with van der Waals surface area (Å²) in [5.41, 5.74) is 5.50. The zero-order chi connectivity index (χ0) is 12.1. The van der Waals surface area contributed by atoms with Gasteiger partial charge in [0.05, 0.1) is 6.54 Å². The van der Waals surface area contributed by atoms with Crippen molar-refractivity contribution in [1.82, 2.24) is 9.80 Å². The Labute approximate surface area is 96.6 Å². The van der Waals surface area contributed by atoms with Crippen molar-refractivity contribution >= 4 is 11.8 Å². The van der Waals surface area contributed by atoms with Crippen LogP contribution >= 0.6 is 0 Å². The summed E-state index contributed by atoms with van der Waals surface area (Å²) >= 11 is 0. The molecule has 0 saturated carbocycles. The number of piperidine rings is 1. The molecule has 1 unspecified atom stereocenters. The van der Waals surface area contributed by atoms with Gasteiger partial charge in [-0.1, -0.05) is 0 Å². The first kappa shape index (κ1) is 13.0. The molecule has 1 rings (SSSR count). The number of carbonyl (C=O) groups is 2. The molecular formula is C11H21N3O2. The number of rotatable bonds is 4. The van der Waals surface area contributed by atoms with Gasteiger partial charge in [0.1, 0.15) is 0 Å². The summed E-state index contributed by atoms with van der Waals surface area (Å²) in [6.45, 7) is 3.24. The zero-order valence-electron chi connectivity index (χ0n) is 10.1. The highest BCUT2D eigenvalue weighted by atomic mass is 16.2. The molecule has 16 heavy (non-hydrogen) atoms. The summed E-state index contributed by atoms with van der Waals surface area (Å²) in [7, 11) is 1.73. The maximum atomic E-state index is 11.8. The summed E-state index contributed by atoms with van der Waals surface area (Å²) in [5.74, 6) is 0.0570. The van der Waals surface area contributed by atoms with Crippen LogP contribution in [-0.2, 0) is 9.59 Å². The van der Waals surface area contributed by atoms with Crippen LogP contribution in [0.5, 0.6) is 0 Å². The van der Waals surface area contributed by atoms with Crippen LogP contribution in [0.4, 0.5) is 0 Å². The Hall–Kier alpha value is -1.10. The minimum atomic E-state index is -0.0341. The highest BCUT2D eigenvalue weighted by Gasteiger charge is 2.23. The summed E-state index contributed by atoms with van der Waals surface area (Å²) in [4.78, 5) is 26.6. The third-order valence-electron chi connectivity index (χ3n) is 3.14. The van der Waals surface area contributed by atoms with E-state index >= 15 is 0 Å². The molecule has 0 radical (unpaired) electrons. The fourth-order valence-electron chi connectivity index (χ4n) is 1.71. The molecule has 0 bridgehead atoms. The van der Waals surface area contributed by atoms with Crippen LogP contribution < -0.4 is 5.73 Å². The number of nitrogens with two attached hydrogens (primary N) is 1. The molecule has 1 saturated heterocycles.